The molecule has 0 bridgehead atoms. The van der Waals surface area contributed by atoms with Crippen LogP contribution in [0.3, 0.4) is 0 Å². The second-order valence-corrected chi connectivity index (χ2v) is 6.91. The lowest BCUT2D eigenvalue weighted by Crippen LogP contribution is -2.36. The molecule has 0 radical (unpaired) electrons. The lowest BCUT2D eigenvalue weighted by Gasteiger charge is -2.30. The second kappa shape index (κ2) is 6.40. The Morgan fingerprint density at radius 3 is 2.71 bits per heavy atom. The van der Waals surface area contributed by atoms with Gasteiger partial charge in [0.25, 0.3) is 0 Å². The molecule has 2 atom stereocenters. The molecule has 5 nitrogen and oxygen atoms in total. The maximum absolute atomic E-state index is 12.9. The van der Waals surface area contributed by atoms with Gasteiger partial charge < -0.3 is 10.0 Å². The molecule has 24 heavy (non-hydrogen) atoms. The number of nitrogens with one attached hydrogen (secondary N) is 1. The Balaban J connectivity index is 1.79. The van der Waals surface area contributed by atoms with E-state index < -0.39 is 5.60 Å². The molecule has 1 fully saturated rings. The molecule has 1 aromatic heterocycles. The number of hydrogen-bond acceptors (Lipinski definition) is 3. The van der Waals surface area contributed by atoms with Crippen LogP contribution in [-0.2, 0) is 10.4 Å². The molecule has 2 N–H and O–H groups in total. The molecular formula is C19H25N3O2. The topological polar surface area (TPSA) is 69.2 Å². The maximum Gasteiger partial charge on any atom is 0.226 e. The Morgan fingerprint density at radius 1 is 1.38 bits per heavy atom. The molecular weight excluding hydrogens is 302 g/mol. The number of aryl methyl sites for hydroxylation is 2. The Morgan fingerprint density at radius 2 is 2.08 bits per heavy atom. The van der Waals surface area contributed by atoms with Crippen molar-refractivity contribution >= 4 is 5.91 Å². The van der Waals surface area contributed by atoms with Crippen molar-refractivity contribution in [3.8, 4) is 0 Å². The summed E-state index contributed by atoms with van der Waals surface area (Å²) in [7, 11) is 0. The first-order valence-corrected chi connectivity index (χ1v) is 8.49. The average Bonchev–Trinajstić information content (AvgIpc) is 3.14. The normalized spacial score (nSPS) is 20.2. The fourth-order valence-electron chi connectivity index (χ4n) is 3.71. The van der Waals surface area contributed by atoms with Crippen LogP contribution in [0.5, 0.6) is 0 Å². The molecule has 5 heteroatoms. The van der Waals surface area contributed by atoms with Crippen LogP contribution in [-0.4, -0.2) is 32.7 Å². The van der Waals surface area contributed by atoms with E-state index in [-0.39, 0.29) is 18.4 Å². The van der Waals surface area contributed by atoms with E-state index in [2.05, 4.69) is 10.2 Å². The highest BCUT2D eigenvalue weighted by atomic mass is 16.3. The number of carbonyl (C=O) groups excluding carboxylic acids is 1. The summed E-state index contributed by atoms with van der Waals surface area (Å²) in [5.74, 6) is -0.00801. The number of carbonyl (C=O) groups is 1. The summed E-state index contributed by atoms with van der Waals surface area (Å²) in [4.78, 5) is 14.8. The van der Waals surface area contributed by atoms with E-state index in [0.29, 0.717) is 0 Å². The number of benzene rings is 1. The summed E-state index contributed by atoms with van der Waals surface area (Å²) in [5, 5.41) is 18.1. The highest BCUT2D eigenvalue weighted by molar-refractivity contribution is 5.78. The first-order valence-electron chi connectivity index (χ1n) is 8.49. The van der Waals surface area contributed by atoms with Crippen LogP contribution in [0.25, 0.3) is 0 Å². The van der Waals surface area contributed by atoms with Crippen molar-refractivity contribution in [2.45, 2.75) is 51.7 Å². The molecule has 0 saturated carbocycles. The van der Waals surface area contributed by atoms with Gasteiger partial charge >= 0.3 is 0 Å². The molecule has 0 spiro atoms. The summed E-state index contributed by atoms with van der Waals surface area (Å²) in [6.07, 6.45) is 2.01. The Kier molecular flexibility index (Phi) is 4.45. The third-order valence-corrected chi connectivity index (χ3v) is 4.98. The van der Waals surface area contributed by atoms with E-state index in [1.54, 1.807) is 6.92 Å². The van der Waals surface area contributed by atoms with Crippen molar-refractivity contribution < 1.29 is 9.90 Å². The van der Waals surface area contributed by atoms with Crippen LogP contribution < -0.4 is 0 Å². The van der Waals surface area contributed by atoms with Gasteiger partial charge in [-0.1, -0.05) is 30.3 Å². The smallest absolute Gasteiger partial charge is 0.226 e. The number of rotatable bonds is 4. The van der Waals surface area contributed by atoms with Gasteiger partial charge in [0.2, 0.25) is 5.91 Å². The van der Waals surface area contributed by atoms with Gasteiger partial charge in [-0.3, -0.25) is 9.89 Å². The van der Waals surface area contributed by atoms with Crippen molar-refractivity contribution in [3.63, 3.8) is 0 Å². The van der Waals surface area contributed by atoms with E-state index in [9.17, 15) is 9.90 Å². The van der Waals surface area contributed by atoms with Crippen LogP contribution in [0, 0.1) is 13.8 Å². The number of aromatic nitrogens is 2. The first-order chi connectivity index (χ1) is 11.4. The number of aliphatic hydroxyl groups is 1. The zero-order valence-electron chi connectivity index (χ0n) is 14.5. The Hall–Kier alpha value is -2.14. The molecule has 1 aliphatic heterocycles. The molecule has 1 aromatic carbocycles. The summed E-state index contributed by atoms with van der Waals surface area (Å²) in [6.45, 7) is 6.41. The fourth-order valence-corrected chi connectivity index (χ4v) is 3.71. The molecule has 2 heterocycles. The minimum atomic E-state index is -1.16. The number of H-pyrrole nitrogens is 1. The molecule has 2 unspecified atom stereocenters. The number of hydrogen-bond donors (Lipinski definition) is 2. The van der Waals surface area contributed by atoms with Crippen LogP contribution in [0.2, 0.25) is 0 Å². The molecule has 1 saturated heterocycles. The van der Waals surface area contributed by atoms with E-state index in [4.69, 9.17) is 0 Å². The number of aromatic amines is 1. The fraction of sp³-hybridized carbons (Fsp3) is 0.474. The zero-order valence-corrected chi connectivity index (χ0v) is 14.5. The van der Waals surface area contributed by atoms with Gasteiger partial charge in [-0.25, -0.2) is 0 Å². The van der Waals surface area contributed by atoms with Crippen molar-refractivity contribution in [2.24, 2.45) is 0 Å². The summed E-state index contributed by atoms with van der Waals surface area (Å²) in [6, 6.07) is 9.44. The molecule has 1 aliphatic rings. The second-order valence-electron chi connectivity index (χ2n) is 6.91. The van der Waals surface area contributed by atoms with Gasteiger partial charge in [0, 0.05) is 17.8 Å². The van der Waals surface area contributed by atoms with E-state index >= 15 is 0 Å². The van der Waals surface area contributed by atoms with E-state index in [0.717, 1.165) is 41.9 Å². The number of amides is 1. The summed E-state index contributed by atoms with van der Waals surface area (Å²) in [5.41, 5.74) is 2.70. The van der Waals surface area contributed by atoms with Crippen molar-refractivity contribution in [2.75, 3.05) is 6.54 Å². The molecule has 0 aliphatic carbocycles. The average molecular weight is 327 g/mol. The maximum atomic E-state index is 12.9. The van der Waals surface area contributed by atoms with Crippen molar-refractivity contribution in [1.29, 1.82) is 0 Å². The van der Waals surface area contributed by atoms with E-state index in [1.165, 1.54) is 0 Å². The van der Waals surface area contributed by atoms with E-state index in [1.807, 2.05) is 49.1 Å². The Bertz CT molecular complexity index is 702. The van der Waals surface area contributed by atoms with Gasteiger partial charge in [-0.05, 0) is 39.2 Å². The van der Waals surface area contributed by atoms with Crippen LogP contribution in [0.1, 0.15) is 54.7 Å². The first kappa shape index (κ1) is 16.7. The molecule has 3 rings (SSSR count). The number of likely N-dealkylation sites (tertiary alicyclic amines) is 1. The predicted molar refractivity (Wildman–Crippen MR) is 92.4 cm³/mol. The van der Waals surface area contributed by atoms with Crippen molar-refractivity contribution in [3.05, 3.63) is 52.8 Å². The minimum Gasteiger partial charge on any atom is -0.385 e. The largest absolute Gasteiger partial charge is 0.385 e. The summed E-state index contributed by atoms with van der Waals surface area (Å²) >= 11 is 0. The minimum absolute atomic E-state index is 0.00801. The quantitative estimate of drug-likeness (QED) is 0.907. The zero-order chi connectivity index (χ0) is 17.3. The van der Waals surface area contributed by atoms with Gasteiger partial charge in [-0.15, -0.1) is 0 Å². The molecule has 2 aromatic rings. The predicted octanol–water partition coefficient (Wildman–Crippen LogP) is 2.99. The lowest BCUT2D eigenvalue weighted by molar-refractivity contribution is -0.137. The monoisotopic (exact) mass is 327 g/mol. The molecule has 128 valence electrons. The standard InChI is InChI=1S/C19H25N3O2/c1-13-18(14(2)21-20-13)16-10-7-11-22(16)17(23)12-19(3,24)15-8-5-4-6-9-15/h4-6,8-9,16,24H,7,10-12H2,1-3H3,(H,20,21). The lowest BCUT2D eigenvalue weighted by atomic mass is 9.91. The van der Waals surface area contributed by atoms with Gasteiger partial charge in [0.05, 0.1) is 23.8 Å². The highest BCUT2D eigenvalue weighted by Crippen LogP contribution is 2.36. The third kappa shape index (κ3) is 3.08. The van der Waals surface area contributed by atoms with Crippen LogP contribution >= 0.6 is 0 Å². The third-order valence-electron chi connectivity index (χ3n) is 4.98. The SMILES string of the molecule is Cc1n[nH]c(C)c1C1CCCN1C(=O)CC(C)(O)c1ccccc1. The highest BCUT2D eigenvalue weighted by Gasteiger charge is 2.36. The van der Waals surface area contributed by atoms with Gasteiger partial charge in [0.1, 0.15) is 0 Å². The van der Waals surface area contributed by atoms with Crippen LogP contribution in [0.4, 0.5) is 0 Å². The van der Waals surface area contributed by atoms with Crippen LogP contribution in [0.15, 0.2) is 30.3 Å². The molecule has 1 amide bonds. The van der Waals surface area contributed by atoms with Gasteiger partial charge in [0.15, 0.2) is 0 Å². The van der Waals surface area contributed by atoms with Gasteiger partial charge in [-0.2, -0.15) is 5.10 Å². The number of nitrogens with zero attached hydrogens (tertiary/aromatic N) is 2. The summed E-state index contributed by atoms with van der Waals surface area (Å²) < 4.78 is 0. The van der Waals surface area contributed by atoms with Crippen molar-refractivity contribution in [1.82, 2.24) is 15.1 Å². The Labute approximate surface area is 142 Å².